The van der Waals surface area contributed by atoms with Crippen LogP contribution in [-0.2, 0) is 9.84 Å². The van der Waals surface area contributed by atoms with Gasteiger partial charge in [-0.3, -0.25) is 14.5 Å². The summed E-state index contributed by atoms with van der Waals surface area (Å²) < 4.78 is 28.0. The highest BCUT2D eigenvalue weighted by atomic mass is 32.2. The SMILES string of the molecule is NC(=O)c1c(S(=O)(=O)c2cccc3cccnc23)c2ccccc2n1N. The normalized spacial score (nSPS) is 11.8. The molecule has 0 spiro atoms. The summed E-state index contributed by atoms with van der Waals surface area (Å²) >= 11 is 0. The number of amides is 1. The first kappa shape index (κ1) is 16.1. The van der Waals surface area contributed by atoms with Crippen LogP contribution in [0.15, 0.2) is 70.6 Å². The summed E-state index contributed by atoms with van der Waals surface area (Å²) in [7, 11) is -4.11. The number of nitrogens with two attached hydrogens (primary N) is 2. The molecule has 2 aromatic carbocycles. The number of primary amides is 1. The predicted octanol–water partition coefficient (Wildman–Crippen LogP) is 1.84. The number of aromatic nitrogens is 2. The maximum atomic E-state index is 13.5. The minimum Gasteiger partial charge on any atom is -0.364 e. The van der Waals surface area contributed by atoms with Gasteiger partial charge < -0.3 is 11.6 Å². The van der Waals surface area contributed by atoms with Gasteiger partial charge in [0.1, 0.15) is 10.6 Å². The fraction of sp³-hybridized carbons (Fsp3) is 0. The predicted molar refractivity (Wildman–Crippen MR) is 97.8 cm³/mol. The van der Waals surface area contributed by atoms with Gasteiger partial charge in [0, 0.05) is 17.0 Å². The third-order valence-electron chi connectivity index (χ3n) is 4.25. The second-order valence-electron chi connectivity index (χ2n) is 5.76. The van der Waals surface area contributed by atoms with E-state index in [0.29, 0.717) is 21.8 Å². The van der Waals surface area contributed by atoms with Crippen molar-refractivity contribution in [3.63, 3.8) is 0 Å². The lowest BCUT2D eigenvalue weighted by Gasteiger charge is -2.08. The van der Waals surface area contributed by atoms with Crippen molar-refractivity contribution in [1.29, 1.82) is 0 Å². The van der Waals surface area contributed by atoms with Crippen molar-refractivity contribution < 1.29 is 13.2 Å². The van der Waals surface area contributed by atoms with Gasteiger partial charge in [0.2, 0.25) is 9.84 Å². The number of hydrogen-bond acceptors (Lipinski definition) is 5. The number of para-hydroxylation sites is 2. The van der Waals surface area contributed by atoms with Crippen LogP contribution < -0.4 is 11.6 Å². The van der Waals surface area contributed by atoms with Gasteiger partial charge in [0.25, 0.3) is 5.91 Å². The molecule has 4 rings (SSSR count). The van der Waals surface area contributed by atoms with Crippen molar-refractivity contribution >= 4 is 37.6 Å². The van der Waals surface area contributed by atoms with Crippen LogP contribution in [0, 0.1) is 0 Å². The minimum atomic E-state index is -4.11. The molecule has 0 fully saturated rings. The molecule has 2 aromatic heterocycles. The Kier molecular flexibility index (Phi) is 3.45. The van der Waals surface area contributed by atoms with Crippen LogP contribution in [-0.4, -0.2) is 24.0 Å². The molecule has 130 valence electrons. The maximum Gasteiger partial charge on any atom is 0.268 e. The molecule has 8 heteroatoms. The lowest BCUT2D eigenvalue weighted by atomic mass is 10.2. The lowest BCUT2D eigenvalue weighted by Crippen LogP contribution is -2.24. The van der Waals surface area contributed by atoms with E-state index in [4.69, 9.17) is 11.6 Å². The van der Waals surface area contributed by atoms with Crippen molar-refractivity contribution in [3.8, 4) is 0 Å². The molecule has 26 heavy (non-hydrogen) atoms. The first-order chi connectivity index (χ1) is 12.4. The van der Waals surface area contributed by atoms with E-state index in [2.05, 4.69) is 4.98 Å². The van der Waals surface area contributed by atoms with Crippen molar-refractivity contribution in [2.45, 2.75) is 9.79 Å². The summed E-state index contributed by atoms with van der Waals surface area (Å²) in [6, 6.07) is 14.9. The number of fused-ring (bicyclic) bond motifs is 2. The van der Waals surface area contributed by atoms with E-state index in [1.165, 1.54) is 12.3 Å². The Hall–Kier alpha value is -3.39. The molecule has 0 saturated carbocycles. The summed E-state index contributed by atoms with van der Waals surface area (Å²) in [6.45, 7) is 0. The van der Waals surface area contributed by atoms with Crippen molar-refractivity contribution in [1.82, 2.24) is 9.66 Å². The zero-order valence-electron chi connectivity index (χ0n) is 13.5. The quantitative estimate of drug-likeness (QED) is 0.536. The molecule has 0 aliphatic rings. The molecular formula is C18H14N4O3S. The Morgan fingerprint density at radius 1 is 1.00 bits per heavy atom. The lowest BCUT2D eigenvalue weighted by molar-refractivity contribution is 0.0990. The highest BCUT2D eigenvalue weighted by Crippen LogP contribution is 2.35. The number of nitrogens with zero attached hydrogens (tertiary/aromatic N) is 2. The highest BCUT2D eigenvalue weighted by Gasteiger charge is 2.32. The Morgan fingerprint density at radius 2 is 1.73 bits per heavy atom. The summed E-state index contributed by atoms with van der Waals surface area (Å²) in [5, 5.41) is 1.00. The van der Waals surface area contributed by atoms with Gasteiger partial charge in [-0.25, -0.2) is 8.42 Å². The van der Waals surface area contributed by atoms with E-state index in [0.717, 1.165) is 4.68 Å². The summed E-state index contributed by atoms with van der Waals surface area (Å²) in [5.41, 5.74) is 5.90. The smallest absolute Gasteiger partial charge is 0.268 e. The molecular weight excluding hydrogens is 352 g/mol. The van der Waals surface area contributed by atoms with Crippen LogP contribution in [0.3, 0.4) is 0 Å². The average Bonchev–Trinajstić information content (AvgIpc) is 2.95. The molecule has 0 bridgehead atoms. The molecule has 4 aromatic rings. The second-order valence-corrected chi connectivity index (χ2v) is 7.62. The first-order valence-electron chi connectivity index (χ1n) is 7.70. The van der Waals surface area contributed by atoms with Gasteiger partial charge >= 0.3 is 0 Å². The van der Waals surface area contributed by atoms with Gasteiger partial charge in [0.05, 0.1) is 15.9 Å². The van der Waals surface area contributed by atoms with E-state index in [1.54, 1.807) is 48.5 Å². The van der Waals surface area contributed by atoms with Gasteiger partial charge in [-0.05, 0) is 18.2 Å². The van der Waals surface area contributed by atoms with Gasteiger partial charge in [-0.15, -0.1) is 0 Å². The molecule has 4 N–H and O–H groups in total. The Morgan fingerprint density at radius 3 is 2.50 bits per heavy atom. The molecule has 7 nitrogen and oxygen atoms in total. The van der Waals surface area contributed by atoms with E-state index in [1.807, 2.05) is 0 Å². The number of carbonyl (C=O) groups is 1. The van der Waals surface area contributed by atoms with Crippen molar-refractivity contribution in [2.75, 3.05) is 5.84 Å². The first-order valence-corrected chi connectivity index (χ1v) is 9.18. The van der Waals surface area contributed by atoms with Crippen molar-refractivity contribution in [3.05, 3.63) is 66.5 Å². The minimum absolute atomic E-state index is 0.00514. The van der Waals surface area contributed by atoms with Crippen LogP contribution in [0.2, 0.25) is 0 Å². The molecule has 0 aliphatic carbocycles. The van der Waals surface area contributed by atoms with Crippen LogP contribution >= 0.6 is 0 Å². The van der Waals surface area contributed by atoms with Crippen LogP contribution in [0.5, 0.6) is 0 Å². The largest absolute Gasteiger partial charge is 0.364 e. The number of carbonyl (C=O) groups excluding carboxylic acids is 1. The molecule has 0 saturated heterocycles. The third kappa shape index (κ3) is 2.16. The molecule has 0 unspecified atom stereocenters. The number of sulfone groups is 1. The monoisotopic (exact) mass is 366 g/mol. The van der Waals surface area contributed by atoms with E-state index < -0.39 is 15.7 Å². The fourth-order valence-electron chi connectivity index (χ4n) is 3.14. The van der Waals surface area contributed by atoms with Crippen LogP contribution in [0.25, 0.3) is 21.8 Å². The van der Waals surface area contributed by atoms with Crippen LogP contribution in [0.4, 0.5) is 0 Å². The van der Waals surface area contributed by atoms with Gasteiger partial charge in [0.15, 0.2) is 0 Å². The maximum absolute atomic E-state index is 13.5. The third-order valence-corrected chi connectivity index (χ3v) is 6.11. The number of pyridine rings is 1. The summed E-state index contributed by atoms with van der Waals surface area (Å²) in [6.07, 6.45) is 1.52. The Bertz CT molecular complexity index is 1290. The highest BCUT2D eigenvalue weighted by molar-refractivity contribution is 7.92. The van der Waals surface area contributed by atoms with E-state index >= 15 is 0 Å². The Labute approximate surface area is 148 Å². The van der Waals surface area contributed by atoms with Crippen molar-refractivity contribution in [2.24, 2.45) is 5.73 Å². The zero-order valence-corrected chi connectivity index (χ0v) is 14.3. The molecule has 0 radical (unpaired) electrons. The standard InChI is InChI=1S/C18H14N4O3S/c19-18(23)16-17(12-7-1-2-8-13(12)22(16)20)26(24,25)14-9-3-5-11-6-4-10-21-15(11)14/h1-10H,20H2,(H2,19,23). The number of nitrogen functional groups attached to an aromatic ring is 1. The van der Waals surface area contributed by atoms with Gasteiger partial charge in [-0.1, -0.05) is 36.4 Å². The summed E-state index contributed by atoms with van der Waals surface area (Å²) in [5.74, 6) is 5.04. The second kappa shape index (κ2) is 5.57. The zero-order chi connectivity index (χ0) is 18.5. The molecule has 1 amide bonds. The van der Waals surface area contributed by atoms with E-state index in [-0.39, 0.29) is 15.5 Å². The number of rotatable bonds is 3. The fourth-order valence-corrected chi connectivity index (χ4v) is 4.96. The Balaban J connectivity index is 2.15. The number of benzene rings is 2. The number of hydrogen-bond donors (Lipinski definition) is 2. The van der Waals surface area contributed by atoms with E-state index in [9.17, 15) is 13.2 Å². The molecule has 2 heterocycles. The van der Waals surface area contributed by atoms with Gasteiger partial charge in [-0.2, -0.15) is 0 Å². The summed E-state index contributed by atoms with van der Waals surface area (Å²) in [4.78, 5) is 16.0. The molecule has 0 atom stereocenters. The van der Waals surface area contributed by atoms with Crippen LogP contribution in [0.1, 0.15) is 10.5 Å². The molecule has 0 aliphatic heterocycles. The topological polar surface area (TPSA) is 121 Å². The average molecular weight is 366 g/mol.